The number of hydrogen-bond donors (Lipinski definition) is 2. The Hall–Kier alpha value is -2.14. The number of nitrogens with one attached hydrogen (secondary N) is 1. The van der Waals surface area contributed by atoms with Gasteiger partial charge in [-0.15, -0.1) is 0 Å². The first-order chi connectivity index (χ1) is 10.6. The Labute approximate surface area is 131 Å². The summed E-state index contributed by atoms with van der Waals surface area (Å²) in [6.45, 7) is 6.83. The molecule has 0 aliphatic carbocycles. The molecule has 0 amide bonds. The number of rotatable bonds is 4. The van der Waals surface area contributed by atoms with E-state index in [-0.39, 0.29) is 12.0 Å². The van der Waals surface area contributed by atoms with E-state index in [1.807, 2.05) is 6.07 Å². The summed E-state index contributed by atoms with van der Waals surface area (Å²) >= 11 is 0. The highest BCUT2D eigenvalue weighted by molar-refractivity contribution is 5.49. The summed E-state index contributed by atoms with van der Waals surface area (Å²) in [5.74, 6) is 1.47. The van der Waals surface area contributed by atoms with Crippen molar-refractivity contribution in [3.05, 3.63) is 47.7 Å². The van der Waals surface area contributed by atoms with Gasteiger partial charge in [-0.25, -0.2) is 4.98 Å². The minimum atomic E-state index is 0.0672. The Morgan fingerprint density at radius 1 is 1.27 bits per heavy atom. The van der Waals surface area contributed by atoms with Crippen molar-refractivity contribution in [1.82, 2.24) is 9.97 Å². The standard InChI is InChI=1S/C17H22N4O/c1-17(2)12-21(11-13-5-3-4-6-14(13)17)15-7-8-18-16(20-15)19-9-10-22/h3-8,22H,9-12H2,1-2H3,(H,18,19,20). The Kier molecular flexibility index (Phi) is 3.98. The molecule has 1 aliphatic heterocycles. The van der Waals surface area contributed by atoms with Gasteiger partial charge in [-0.2, -0.15) is 4.98 Å². The highest BCUT2D eigenvalue weighted by Gasteiger charge is 2.31. The molecule has 0 spiro atoms. The average Bonchev–Trinajstić information content (AvgIpc) is 2.52. The Morgan fingerprint density at radius 2 is 2.09 bits per heavy atom. The molecule has 0 bridgehead atoms. The van der Waals surface area contributed by atoms with E-state index in [0.717, 1.165) is 18.9 Å². The highest BCUT2D eigenvalue weighted by atomic mass is 16.3. The maximum Gasteiger partial charge on any atom is 0.224 e. The van der Waals surface area contributed by atoms with Crippen LogP contribution in [-0.4, -0.2) is 34.8 Å². The van der Waals surface area contributed by atoms with E-state index in [4.69, 9.17) is 5.11 Å². The average molecular weight is 298 g/mol. The number of benzene rings is 1. The van der Waals surface area contributed by atoms with Gasteiger partial charge in [-0.3, -0.25) is 0 Å². The minimum absolute atomic E-state index is 0.0672. The monoisotopic (exact) mass is 298 g/mol. The van der Waals surface area contributed by atoms with Crippen molar-refractivity contribution >= 4 is 11.8 Å². The van der Waals surface area contributed by atoms with Crippen molar-refractivity contribution in [2.45, 2.75) is 25.8 Å². The van der Waals surface area contributed by atoms with Gasteiger partial charge in [-0.05, 0) is 17.2 Å². The van der Waals surface area contributed by atoms with Crippen molar-refractivity contribution in [2.24, 2.45) is 0 Å². The maximum atomic E-state index is 8.89. The zero-order valence-corrected chi connectivity index (χ0v) is 13.1. The lowest BCUT2D eigenvalue weighted by atomic mass is 9.78. The molecule has 2 heterocycles. The van der Waals surface area contributed by atoms with E-state index < -0.39 is 0 Å². The molecule has 0 unspecified atom stereocenters. The van der Waals surface area contributed by atoms with Crippen LogP contribution in [0.15, 0.2) is 36.5 Å². The highest BCUT2D eigenvalue weighted by Crippen LogP contribution is 2.34. The molecule has 0 atom stereocenters. The van der Waals surface area contributed by atoms with Crippen molar-refractivity contribution in [3.8, 4) is 0 Å². The molecule has 1 aromatic carbocycles. The molecule has 3 rings (SSSR count). The van der Waals surface area contributed by atoms with Crippen LogP contribution in [0.3, 0.4) is 0 Å². The van der Waals surface area contributed by atoms with Gasteiger partial charge in [0.15, 0.2) is 0 Å². The second-order valence-electron chi connectivity index (χ2n) is 6.29. The molecule has 116 valence electrons. The van der Waals surface area contributed by atoms with Crippen LogP contribution in [0, 0.1) is 0 Å². The Balaban J connectivity index is 1.88. The number of nitrogens with zero attached hydrogens (tertiary/aromatic N) is 3. The smallest absolute Gasteiger partial charge is 0.224 e. The number of fused-ring (bicyclic) bond motifs is 1. The van der Waals surface area contributed by atoms with E-state index in [1.165, 1.54) is 11.1 Å². The molecule has 1 aromatic heterocycles. The second kappa shape index (κ2) is 5.93. The lowest BCUT2D eigenvalue weighted by Gasteiger charge is -2.40. The largest absolute Gasteiger partial charge is 0.395 e. The SMILES string of the molecule is CC1(C)CN(c2ccnc(NCCO)n2)Cc2ccccc21. The van der Waals surface area contributed by atoms with Crippen molar-refractivity contribution in [2.75, 3.05) is 29.9 Å². The third kappa shape index (κ3) is 2.90. The fraction of sp³-hybridized carbons (Fsp3) is 0.412. The lowest BCUT2D eigenvalue weighted by molar-refractivity contribution is 0.311. The third-order valence-corrected chi connectivity index (χ3v) is 4.05. The first-order valence-electron chi connectivity index (χ1n) is 7.61. The third-order valence-electron chi connectivity index (χ3n) is 4.05. The van der Waals surface area contributed by atoms with Gasteiger partial charge in [0.05, 0.1) is 6.61 Å². The molecule has 2 N–H and O–H groups in total. The van der Waals surface area contributed by atoms with Crippen molar-refractivity contribution in [1.29, 1.82) is 0 Å². The molecule has 0 saturated heterocycles. The van der Waals surface area contributed by atoms with Crippen LogP contribution in [0.2, 0.25) is 0 Å². The molecule has 22 heavy (non-hydrogen) atoms. The maximum absolute atomic E-state index is 8.89. The summed E-state index contributed by atoms with van der Waals surface area (Å²) in [4.78, 5) is 11.0. The summed E-state index contributed by atoms with van der Waals surface area (Å²) in [6.07, 6.45) is 1.76. The first-order valence-corrected chi connectivity index (χ1v) is 7.61. The molecular formula is C17H22N4O. The van der Waals surface area contributed by atoms with Crippen LogP contribution in [0.5, 0.6) is 0 Å². The zero-order chi connectivity index (χ0) is 15.6. The van der Waals surface area contributed by atoms with Gasteiger partial charge in [-0.1, -0.05) is 38.1 Å². The van der Waals surface area contributed by atoms with Gasteiger partial charge < -0.3 is 15.3 Å². The van der Waals surface area contributed by atoms with E-state index >= 15 is 0 Å². The fourth-order valence-electron chi connectivity index (χ4n) is 3.08. The van der Waals surface area contributed by atoms with Crippen LogP contribution in [0.1, 0.15) is 25.0 Å². The summed E-state index contributed by atoms with van der Waals surface area (Å²) in [5.41, 5.74) is 2.85. The van der Waals surface area contributed by atoms with Gasteiger partial charge in [0.25, 0.3) is 0 Å². The summed E-state index contributed by atoms with van der Waals surface area (Å²) < 4.78 is 0. The number of anilines is 2. The van der Waals surface area contributed by atoms with Crippen LogP contribution in [0.25, 0.3) is 0 Å². The molecular weight excluding hydrogens is 276 g/mol. The van der Waals surface area contributed by atoms with Crippen LogP contribution in [-0.2, 0) is 12.0 Å². The zero-order valence-electron chi connectivity index (χ0n) is 13.1. The van der Waals surface area contributed by atoms with E-state index in [9.17, 15) is 0 Å². The van der Waals surface area contributed by atoms with E-state index in [0.29, 0.717) is 12.5 Å². The molecule has 2 aromatic rings. The predicted molar refractivity (Wildman–Crippen MR) is 88.1 cm³/mol. The van der Waals surface area contributed by atoms with Crippen molar-refractivity contribution in [3.63, 3.8) is 0 Å². The Morgan fingerprint density at radius 3 is 2.91 bits per heavy atom. The summed E-state index contributed by atoms with van der Waals surface area (Å²) in [6, 6.07) is 10.6. The van der Waals surface area contributed by atoms with Gasteiger partial charge in [0.2, 0.25) is 5.95 Å². The Bertz CT molecular complexity index is 657. The number of aliphatic hydroxyl groups is 1. The minimum Gasteiger partial charge on any atom is -0.395 e. The lowest BCUT2D eigenvalue weighted by Crippen LogP contribution is -2.42. The normalized spacial score (nSPS) is 16.2. The number of hydrogen-bond acceptors (Lipinski definition) is 5. The topological polar surface area (TPSA) is 61.3 Å². The molecule has 5 nitrogen and oxygen atoms in total. The molecule has 0 radical (unpaired) electrons. The van der Waals surface area contributed by atoms with Crippen LogP contribution in [0.4, 0.5) is 11.8 Å². The van der Waals surface area contributed by atoms with Crippen molar-refractivity contribution < 1.29 is 5.11 Å². The second-order valence-corrected chi connectivity index (χ2v) is 6.29. The fourth-order valence-corrected chi connectivity index (χ4v) is 3.08. The number of aromatic nitrogens is 2. The predicted octanol–water partition coefficient (Wildman–Crippen LogP) is 2.18. The molecule has 1 aliphatic rings. The summed E-state index contributed by atoms with van der Waals surface area (Å²) in [7, 11) is 0. The van der Waals surface area contributed by atoms with E-state index in [1.54, 1.807) is 6.20 Å². The quantitative estimate of drug-likeness (QED) is 0.906. The van der Waals surface area contributed by atoms with Crippen LogP contribution >= 0.6 is 0 Å². The van der Waals surface area contributed by atoms with Gasteiger partial charge >= 0.3 is 0 Å². The van der Waals surface area contributed by atoms with Gasteiger partial charge in [0, 0.05) is 31.2 Å². The van der Waals surface area contributed by atoms with Gasteiger partial charge in [0.1, 0.15) is 5.82 Å². The molecule has 0 fully saturated rings. The summed E-state index contributed by atoms with van der Waals surface area (Å²) in [5, 5.41) is 11.9. The molecule has 5 heteroatoms. The molecule has 0 saturated carbocycles. The first kappa shape index (κ1) is 14.8. The van der Waals surface area contributed by atoms with Crippen LogP contribution < -0.4 is 10.2 Å². The van der Waals surface area contributed by atoms with E-state index in [2.05, 4.69) is 58.3 Å². The number of aliphatic hydroxyl groups excluding tert-OH is 1.